The molecule has 0 radical (unpaired) electrons. The number of nitrogens with zero attached hydrogens (tertiary/aromatic N) is 3. The molecule has 1 amide bonds. The highest BCUT2D eigenvalue weighted by atomic mass is 16.5. The quantitative estimate of drug-likeness (QED) is 0.903. The van der Waals surface area contributed by atoms with E-state index in [-0.39, 0.29) is 22.8 Å². The lowest BCUT2D eigenvalue weighted by Gasteiger charge is -2.35. The summed E-state index contributed by atoms with van der Waals surface area (Å²) in [6.45, 7) is 9.04. The number of H-pyrrole nitrogens is 1. The second kappa shape index (κ2) is 6.46. The lowest BCUT2D eigenvalue weighted by Crippen LogP contribution is -2.43. The molecule has 0 atom stereocenters. The fourth-order valence-corrected chi connectivity index (χ4v) is 3.24. The van der Waals surface area contributed by atoms with Crippen LogP contribution >= 0.6 is 0 Å². The molecule has 3 rings (SSSR count). The topological polar surface area (TPSA) is 92.1 Å². The normalized spacial score (nSPS) is 16.2. The first kappa shape index (κ1) is 17.4. The van der Waals surface area contributed by atoms with E-state index in [2.05, 4.69) is 15.4 Å². The van der Waals surface area contributed by atoms with E-state index in [9.17, 15) is 9.59 Å². The van der Waals surface area contributed by atoms with E-state index in [1.807, 2.05) is 32.6 Å². The second-order valence-electron chi connectivity index (χ2n) is 7.68. The number of carbonyl (C=O) groups is 1. The minimum absolute atomic E-state index is 0.168. The van der Waals surface area contributed by atoms with Crippen molar-refractivity contribution in [3.8, 4) is 11.3 Å². The van der Waals surface area contributed by atoms with Crippen LogP contribution in [-0.2, 0) is 4.79 Å². The van der Waals surface area contributed by atoms with Crippen molar-refractivity contribution in [2.75, 3.05) is 13.1 Å². The van der Waals surface area contributed by atoms with Crippen LogP contribution in [0.15, 0.2) is 21.5 Å². The van der Waals surface area contributed by atoms with Gasteiger partial charge in [0.1, 0.15) is 0 Å². The maximum Gasteiger partial charge on any atom is 0.264 e. The zero-order valence-corrected chi connectivity index (χ0v) is 15.1. The molecular formula is C18H24N4O3. The lowest BCUT2D eigenvalue weighted by molar-refractivity contribution is -0.140. The zero-order valence-electron chi connectivity index (χ0n) is 15.1. The zero-order chi connectivity index (χ0) is 18.2. The molecule has 1 N–H and O–H groups in total. The molecule has 2 aromatic heterocycles. The summed E-state index contributed by atoms with van der Waals surface area (Å²) in [5, 5.41) is 10.7. The molecule has 1 fully saturated rings. The van der Waals surface area contributed by atoms with Crippen molar-refractivity contribution in [3.63, 3.8) is 0 Å². The van der Waals surface area contributed by atoms with E-state index in [1.165, 1.54) is 6.07 Å². The lowest BCUT2D eigenvalue weighted by atomic mass is 9.88. The van der Waals surface area contributed by atoms with Crippen LogP contribution in [0.5, 0.6) is 0 Å². The minimum Gasteiger partial charge on any atom is -0.356 e. The van der Waals surface area contributed by atoms with Crippen LogP contribution < -0.4 is 5.56 Å². The number of carbonyl (C=O) groups excluding carboxylic acids is 1. The summed E-state index contributed by atoms with van der Waals surface area (Å²) in [6, 6.07) is 3.31. The molecule has 0 unspecified atom stereocenters. The maximum atomic E-state index is 12.4. The number of hydrogen-bond acceptors (Lipinski definition) is 5. The van der Waals surface area contributed by atoms with Crippen LogP contribution in [-0.4, -0.2) is 39.3 Å². The first-order chi connectivity index (χ1) is 11.8. The van der Waals surface area contributed by atoms with Crippen molar-refractivity contribution in [1.82, 2.24) is 20.3 Å². The van der Waals surface area contributed by atoms with Gasteiger partial charge in [-0.1, -0.05) is 25.9 Å². The number of hydrogen-bond donors (Lipinski definition) is 1. The molecule has 0 saturated carbocycles. The van der Waals surface area contributed by atoms with Crippen molar-refractivity contribution in [3.05, 3.63) is 33.9 Å². The fraction of sp³-hybridized carbons (Fsp3) is 0.556. The van der Waals surface area contributed by atoms with Gasteiger partial charge in [-0.05, 0) is 19.8 Å². The second-order valence-corrected chi connectivity index (χ2v) is 7.68. The molecule has 0 aliphatic carbocycles. The van der Waals surface area contributed by atoms with Gasteiger partial charge in [0.2, 0.25) is 5.91 Å². The standard InChI is InChI=1S/C18H24N4O3/c1-11-9-14(25-21-11)13-10-15(23)19-20-16(13)12-5-7-22(8-6-12)17(24)18(2,3)4/h9-10,12H,5-8H2,1-4H3,(H,19,23). The Bertz CT molecular complexity index is 823. The molecule has 2 aromatic rings. The number of likely N-dealkylation sites (tertiary alicyclic amines) is 1. The number of aryl methyl sites for hydroxylation is 1. The average Bonchev–Trinajstić information content (AvgIpc) is 3.00. The summed E-state index contributed by atoms with van der Waals surface area (Å²) < 4.78 is 5.33. The minimum atomic E-state index is -0.369. The molecule has 25 heavy (non-hydrogen) atoms. The summed E-state index contributed by atoms with van der Waals surface area (Å²) in [6.07, 6.45) is 1.61. The van der Waals surface area contributed by atoms with Crippen LogP contribution in [0.4, 0.5) is 0 Å². The van der Waals surface area contributed by atoms with Crippen molar-refractivity contribution in [2.24, 2.45) is 5.41 Å². The van der Waals surface area contributed by atoms with Gasteiger partial charge in [-0.25, -0.2) is 5.10 Å². The number of piperidine rings is 1. The van der Waals surface area contributed by atoms with Gasteiger partial charge in [-0.15, -0.1) is 0 Å². The van der Waals surface area contributed by atoms with Crippen LogP contribution in [0.2, 0.25) is 0 Å². The first-order valence-corrected chi connectivity index (χ1v) is 8.58. The van der Waals surface area contributed by atoms with Crippen LogP contribution in [0, 0.1) is 12.3 Å². The molecular weight excluding hydrogens is 320 g/mol. The smallest absolute Gasteiger partial charge is 0.264 e. The number of rotatable bonds is 2. The summed E-state index contributed by atoms with van der Waals surface area (Å²) in [7, 11) is 0. The maximum absolute atomic E-state index is 12.4. The largest absolute Gasteiger partial charge is 0.356 e. The number of aromatic amines is 1. The third-order valence-corrected chi connectivity index (χ3v) is 4.54. The van der Waals surface area contributed by atoms with Crippen molar-refractivity contribution in [2.45, 2.75) is 46.5 Å². The van der Waals surface area contributed by atoms with Crippen LogP contribution in [0.25, 0.3) is 11.3 Å². The van der Waals surface area contributed by atoms with Gasteiger partial charge in [-0.3, -0.25) is 9.59 Å². The molecule has 1 saturated heterocycles. The Hall–Kier alpha value is -2.44. The fourth-order valence-electron chi connectivity index (χ4n) is 3.24. The molecule has 3 heterocycles. The first-order valence-electron chi connectivity index (χ1n) is 8.58. The van der Waals surface area contributed by atoms with Crippen LogP contribution in [0.3, 0.4) is 0 Å². The molecule has 134 valence electrons. The number of amides is 1. The van der Waals surface area contributed by atoms with Gasteiger partial charge in [0, 0.05) is 42.1 Å². The van der Waals surface area contributed by atoms with Crippen molar-refractivity contribution in [1.29, 1.82) is 0 Å². The predicted molar refractivity (Wildman–Crippen MR) is 93.1 cm³/mol. The Kier molecular flexibility index (Phi) is 4.49. The van der Waals surface area contributed by atoms with Gasteiger partial charge in [0.15, 0.2) is 5.76 Å². The summed E-state index contributed by atoms with van der Waals surface area (Å²) in [5.41, 5.74) is 1.61. The third-order valence-electron chi connectivity index (χ3n) is 4.54. The highest BCUT2D eigenvalue weighted by Crippen LogP contribution is 2.34. The Morgan fingerprint density at radius 2 is 1.96 bits per heavy atom. The SMILES string of the molecule is Cc1cc(-c2cc(=O)[nH]nc2C2CCN(C(=O)C(C)(C)C)CC2)on1. The van der Waals surface area contributed by atoms with Gasteiger partial charge >= 0.3 is 0 Å². The molecule has 1 aliphatic rings. The van der Waals surface area contributed by atoms with Crippen molar-refractivity contribution >= 4 is 5.91 Å². The summed E-state index contributed by atoms with van der Waals surface area (Å²) in [5.74, 6) is 0.895. The monoisotopic (exact) mass is 344 g/mol. The van der Waals surface area contributed by atoms with E-state index >= 15 is 0 Å². The Labute approximate surface area is 146 Å². The van der Waals surface area contributed by atoms with E-state index in [0.717, 1.165) is 24.2 Å². The molecule has 7 nitrogen and oxygen atoms in total. The van der Waals surface area contributed by atoms with E-state index < -0.39 is 0 Å². The highest BCUT2D eigenvalue weighted by molar-refractivity contribution is 5.81. The molecule has 0 bridgehead atoms. The average molecular weight is 344 g/mol. The van der Waals surface area contributed by atoms with Crippen LogP contribution in [0.1, 0.15) is 50.9 Å². The van der Waals surface area contributed by atoms with Gasteiger partial charge in [0.05, 0.1) is 11.4 Å². The Balaban J connectivity index is 1.82. The summed E-state index contributed by atoms with van der Waals surface area (Å²) >= 11 is 0. The van der Waals surface area contributed by atoms with Gasteiger partial charge in [-0.2, -0.15) is 5.10 Å². The highest BCUT2D eigenvalue weighted by Gasteiger charge is 2.32. The predicted octanol–water partition coefficient (Wildman–Crippen LogP) is 2.49. The molecule has 7 heteroatoms. The molecule has 1 aliphatic heterocycles. The third kappa shape index (κ3) is 3.65. The molecule has 0 spiro atoms. The van der Waals surface area contributed by atoms with E-state index in [1.54, 1.807) is 6.07 Å². The van der Waals surface area contributed by atoms with Gasteiger partial charge < -0.3 is 9.42 Å². The summed E-state index contributed by atoms with van der Waals surface area (Å²) in [4.78, 5) is 26.1. The van der Waals surface area contributed by atoms with Crippen molar-refractivity contribution < 1.29 is 9.32 Å². The van der Waals surface area contributed by atoms with E-state index in [0.29, 0.717) is 24.4 Å². The molecule has 0 aromatic carbocycles. The van der Waals surface area contributed by atoms with Gasteiger partial charge in [0.25, 0.3) is 5.56 Å². The number of aromatic nitrogens is 3. The van der Waals surface area contributed by atoms with E-state index in [4.69, 9.17) is 4.52 Å². The number of nitrogens with one attached hydrogen (secondary N) is 1. The Morgan fingerprint density at radius 1 is 1.28 bits per heavy atom. The Morgan fingerprint density at radius 3 is 2.52 bits per heavy atom.